The van der Waals surface area contributed by atoms with Crippen molar-refractivity contribution >= 4 is 34.4 Å². The number of fused-ring (bicyclic) bond motifs is 2. The van der Waals surface area contributed by atoms with Gasteiger partial charge < -0.3 is 0 Å². The predicted molar refractivity (Wildman–Crippen MR) is 102 cm³/mol. The Bertz CT molecular complexity index is 1180. The molecule has 146 valence electrons. The van der Waals surface area contributed by atoms with Crippen LogP contribution in [0.1, 0.15) is 28.7 Å². The molecule has 0 radical (unpaired) electrons. The van der Waals surface area contributed by atoms with Gasteiger partial charge in [-0.1, -0.05) is 0 Å². The van der Waals surface area contributed by atoms with E-state index in [1.807, 2.05) is 6.07 Å². The fourth-order valence-corrected chi connectivity index (χ4v) is 3.76. The molecule has 0 saturated carbocycles. The Morgan fingerprint density at radius 2 is 2.00 bits per heavy atom. The summed E-state index contributed by atoms with van der Waals surface area (Å²) in [6.07, 6.45) is 5.91. The number of carbonyl (C=O) groups is 1. The van der Waals surface area contributed by atoms with Crippen LogP contribution in [0.25, 0.3) is 11.0 Å². The molecule has 0 spiro atoms. The van der Waals surface area contributed by atoms with Gasteiger partial charge in [0.15, 0.2) is 17.5 Å². The van der Waals surface area contributed by atoms with E-state index < -0.39 is 23.4 Å². The van der Waals surface area contributed by atoms with E-state index in [1.165, 1.54) is 12.4 Å². The van der Waals surface area contributed by atoms with Gasteiger partial charge in [0, 0.05) is 11.8 Å². The molecule has 0 fully saturated rings. The standard InChI is InChI=1S/C20H14ClF2N5O/c21-6-18(29)28(17-9-26-15-4-5-25-8-16(15)27-17)10-14-13(7-24)11-2-1-3-12(11)19(22)20(14)23/h4-5,8-9H,1-3,6,10H2. The van der Waals surface area contributed by atoms with Crippen LogP contribution in [0.15, 0.2) is 24.7 Å². The highest BCUT2D eigenvalue weighted by Crippen LogP contribution is 2.33. The molecule has 0 saturated heterocycles. The zero-order chi connectivity index (χ0) is 20.5. The minimum atomic E-state index is -1.12. The number of amides is 1. The summed E-state index contributed by atoms with van der Waals surface area (Å²) < 4.78 is 29.4. The van der Waals surface area contributed by atoms with Gasteiger partial charge in [0.25, 0.3) is 0 Å². The highest BCUT2D eigenvalue weighted by atomic mass is 35.5. The van der Waals surface area contributed by atoms with Gasteiger partial charge in [-0.3, -0.25) is 19.7 Å². The van der Waals surface area contributed by atoms with Crippen LogP contribution in [-0.4, -0.2) is 26.7 Å². The maximum atomic E-state index is 14.9. The average Bonchev–Trinajstić information content (AvgIpc) is 3.24. The van der Waals surface area contributed by atoms with Crippen LogP contribution in [0.3, 0.4) is 0 Å². The van der Waals surface area contributed by atoms with Crippen LogP contribution >= 0.6 is 11.6 Å². The third kappa shape index (κ3) is 3.28. The van der Waals surface area contributed by atoms with Crippen molar-refractivity contribution in [2.45, 2.75) is 25.8 Å². The molecule has 0 aliphatic heterocycles. The SMILES string of the molecule is N#Cc1c(CN(C(=O)CCl)c2cnc3ccncc3n2)c(F)c(F)c2c1CCC2. The number of halogens is 3. The summed E-state index contributed by atoms with van der Waals surface area (Å²) in [4.78, 5) is 26.1. The molecule has 29 heavy (non-hydrogen) atoms. The van der Waals surface area contributed by atoms with Crippen LogP contribution in [0.2, 0.25) is 0 Å². The molecular weight excluding hydrogens is 400 g/mol. The summed E-state index contributed by atoms with van der Waals surface area (Å²) in [5.41, 5.74) is 1.63. The van der Waals surface area contributed by atoms with Crippen LogP contribution in [0.5, 0.6) is 0 Å². The summed E-state index contributed by atoms with van der Waals surface area (Å²) in [7, 11) is 0. The summed E-state index contributed by atoms with van der Waals surface area (Å²) in [5, 5.41) is 9.61. The Morgan fingerprint density at radius 3 is 2.76 bits per heavy atom. The fourth-order valence-electron chi connectivity index (χ4n) is 3.61. The number of nitrogens with zero attached hydrogens (tertiary/aromatic N) is 5. The number of aromatic nitrogens is 3. The summed E-state index contributed by atoms with van der Waals surface area (Å²) in [5.74, 6) is -2.94. The second-order valence-electron chi connectivity index (χ2n) is 6.61. The number of carbonyl (C=O) groups excluding carboxylic acids is 1. The van der Waals surface area contributed by atoms with Crippen molar-refractivity contribution in [3.05, 3.63) is 58.5 Å². The minimum Gasteiger partial charge on any atom is -0.290 e. The number of nitriles is 1. The Balaban J connectivity index is 1.83. The Morgan fingerprint density at radius 1 is 1.21 bits per heavy atom. The molecule has 0 N–H and O–H groups in total. The van der Waals surface area contributed by atoms with Crippen molar-refractivity contribution in [1.29, 1.82) is 5.26 Å². The van der Waals surface area contributed by atoms with E-state index in [2.05, 4.69) is 15.0 Å². The van der Waals surface area contributed by atoms with Crippen molar-refractivity contribution in [2.75, 3.05) is 10.8 Å². The first-order chi connectivity index (χ1) is 14.0. The van der Waals surface area contributed by atoms with Crippen LogP contribution in [0, 0.1) is 23.0 Å². The molecule has 1 aliphatic rings. The lowest BCUT2D eigenvalue weighted by Gasteiger charge is -2.23. The van der Waals surface area contributed by atoms with Crippen LogP contribution in [-0.2, 0) is 24.2 Å². The Labute approximate surface area is 169 Å². The maximum absolute atomic E-state index is 14.9. The van der Waals surface area contributed by atoms with Crippen molar-refractivity contribution in [1.82, 2.24) is 15.0 Å². The molecular formula is C20H14ClF2N5O. The molecule has 0 atom stereocenters. The quantitative estimate of drug-likeness (QED) is 0.612. The third-order valence-corrected chi connectivity index (χ3v) is 5.22. The lowest BCUT2D eigenvalue weighted by molar-refractivity contribution is -0.116. The molecule has 6 nitrogen and oxygen atoms in total. The summed E-state index contributed by atoms with van der Waals surface area (Å²) in [6.45, 7) is -0.384. The molecule has 9 heteroatoms. The number of benzene rings is 1. The summed E-state index contributed by atoms with van der Waals surface area (Å²) >= 11 is 5.74. The fraction of sp³-hybridized carbons (Fsp3) is 0.250. The van der Waals surface area contributed by atoms with Gasteiger partial charge in [0.05, 0.1) is 36.1 Å². The molecule has 3 aromatic rings. The first kappa shape index (κ1) is 19.2. The monoisotopic (exact) mass is 413 g/mol. The first-order valence-electron chi connectivity index (χ1n) is 8.90. The van der Waals surface area contributed by atoms with E-state index in [9.17, 15) is 18.8 Å². The van der Waals surface area contributed by atoms with E-state index in [1.54, 1.807) is 12.3 Å². The number of pyridine rings is 1. The molecule has 2 heterocycles. The van der Waals surface area contributed by atoms with Gasteiger partial charge in [-0.15, -0.1) is 11.6 Å². The topological polar surface area (TPSA) is 82.8 Å². The second-order valence-corrected chi connectivity index (χ2v) is 6.88. The summed E-state index contributed by atoms with van der Waals surface area (Å²) in [6, 6.07) is 3.64. The predicted octanol–water partition coefficient (Wildman–Crippen LogP) is 3.44. The van der Waals surface area contributed by atoms with Crippen LogP contribution in [0.4, 0.5) is 14.6 Å². The third-order valence-electron chi connectivity index (χ3n) is 5.00. The van der Waals surface area contributed by atoms with Crippen LogP contribution < -0.4 is 4.90 Å². The second kappa shape index (κ2) is 7.68. The normalized spacial score (nSPS) is 12.6. The van der Waals surface area contributed by atoms with E-state index in [4.69, 9.17) is 11.6 Å². The molecule has 0 unspecified atom stereocenters. The number of alkyl halides is 1. The number of rotatable bonds is 4. The lowest BCUT2D eigenvalue weighted by atomic mass is 9.96. The number of hydrogen-bond acceptors (Lipinski definition) is 5. The molecule has 2 aromatic heterocycles. The van der Waals surface area contributed by atoms with Gasteiger partial charge in [-0.2, -0.15) is 5.26 Å². The van der Waals surface area contributed by atoms with E-state index in [0.29, 0.717) is 35.9 Å². The largest absolute Gasteiger partial charge is 0.290 e. The van der Waals surface area contributed by atoms with Crippen molar-refractivity contribution < 1.29 is 13.6 Å². The zero-order valence-corrected chi connectivity index (χ0v) is 15.9. The first-order valence-corrected chi connectivity index (χ1v) is 9.43. The molecule has 4 rings (SSSR count). The van der Waals surface area contributed by atoms with Gasteiger partial charge in [-0.05, 0) is 36.5 Å². The molecule has 0 bridgehead atoms. The smallest absolute Gasteiger partial charge is 0.243 e. The number of hydrogen-bond donors (Lipinski definition) is 0. The number of anilines is 1. The van der Waals surface area contributed by atoms with Gasteiger partial charge in [0.2, 0.25) is 5.91 Å². The van der Waals surface area contributed by atoms with Gasteiger partial charge in [0.1, 0.15) is 11.4 Å². The van der Waals surface area contributed by atoms with Gasteiger partial charge in [-0.25, -0.2) is 13.8 Å². The van der Waals surface area contributed by atoms with Gasteiger partial charge >= 0.3 is 0 Å². The highest BCUT2D eigenvalue weighted by molar-refractivity contribution is 6.29. The maximum Gasteiger partial charge on any atom is 0.243 e. The van der Waals surface area contributed by atoms with Crippen molar-refractivity contribution in [2.24, 2.45) is 0 Å². The molecule has 1 amide bonds. The zero-order valence-electron chi connectivity index (χ0n) is 15.1. The van der Waals surface area contributed by atoms with Crippen molar-refractivity contribution in [3.63, 3.8) is 0 Å². The average molecular weight is 414 g/mol. The molecule has 1 aromatic carbocycles. The van der Waals surface area contributed by atoms with Crippen molar-refractivity contribution in [3.8, 4) is 6.07 Å². The molecule has 1 aliphatic carbocycles. The Hall–Kier alpha value is -3.18. The minimum absolute atomic E-state index is 0.0687. The highest BCUT2D eigenvalue weighted by Gasteiger charge is 2.29. The van der Waals surface area contributed by atoms with E-state index in [-0.39, 0.29) is 29.1 Å². The van der Waals surface area contributed by atoms with E-state index in [0.717, 1.165) is 4.90 Å². The van der Waals surface area contributed by atoms with E-state index >= 15 is 0 Å². The Kier molecular flexibility index (Phi) is 5.07. The lowest BCUT2D eigenvalue weighted by Crippen LogP contribution is -2.33.